The van der Waals surface area contributed by atoms with Gasteiger partial charge in [-0.1, -0.05) is 41.4 Å². The molecule has 0 heterocycles. The highest BCUT2D eigenvalue weighted by Crippen LogP contribution is 2.25. The zero-order valence-corrected chi connectivity index (χ0v) is 15.8. The minimum atomic E-state index is -0.491. The smallest absolute Gasteiger partial charge is 0.276 e. The van der Waals surface area contributed by atoms with E-state index >= 15 is 0 Å². The van der Waals surface area contributed by atoms with E-state index in [9.17, 15) is 9.59 Å². The molecule has 0 radical (unpaired) electrons. The van der Waals surface area contributed by atoms with Crippen molar-refractivity contribution in [2.24, 2.45) is 0 Å². The normalized spacial score (nSPS) is 10.6. The lowest BCUT2D eigenvalue weighted by molar-refractivity contribution is -0.128. The number of hydrogen-bond donors (Lipinski definition) is 2. The highest BCUT2D eigenvalue weighted by Gasteiger charge is 2.07. The predicted octanol–water partition coefficient (Wildman–Crippen LogP) is 3.85. The van der Waals surface area contributed by atoms with Crippen LogP contribution in [-0.2, 0) is 9.59 Å². The fourth-order valence-corrected chi connectivity index (χ4v) is 2.43. The monoisotopic (exact) mass is 392 g/mol. The molecule has 5 nitrogen and oxygen atoms in total. The molecular formula is C19H18Cl2N2O3. The molecule has 7 heteroatoms. The Balaban J connectivity index is 1.80. The molecule has 2 amide bonds. The third-order valence-electron chi connectivity index (χ3n) is 3.42. The second-order valence-corrected chi connectivity index (χ2v) is 6.34. The second-order valence-electron chi connectivity index (χ2n) is 5.55. The Hall–Kier alpha value is -2.50. The van der Waals surface area contributed by atoms with Gasteiger partial charge in [-0.05, 0) is 54.8 Å². The molecule has 0 aromatic heterocycles. The summed E-state index contributed by atoms with van der Waals surface area (Å²) in [6, 6.07) is 10.6. The standard InChI is InChI=1S/C19H18Cl2N2O3/c1-12-9-15(10-13(2)19(12)21)26-11-18(25)23-22-17(24)8-7-14-5-3-4-6-16(14)20/h3-10H,11H2,1-2H3,(H,22,24)(H,23,25)/b8-7+. The number of rotatable bonds is 5. The number of hydrazine groups is 1. The quantitative estimate of drug-likeness (QED) is 0.599. The molecule has 136 valence electrons. The van der Waals surface area contributed by atoms with Crippen LogP contribution in [0, 0.1) is 13.8 Å². The van der Waals surface area contributed by atoms with Crippen LogP contribution >= 0.6 is 23.2 Å². The Labute approximate surface area is 161 Å². The van der Waals surface area contributed by atoms with Gasteiger partial charge in [0.25, 0.3) is 11.8 Å². The molecule has 0 bridgehead atoms. The highest BCUT2D eigenvalue weighted by atomic mass is 35.5. The number of aryl methyl sites for hydroxylation is 2. The number of carbonyl (C=O) groups is 2. The zero-order valence-electron chi connectivity index (χ0n) is 14.3. The Morgan fingerprint density at radius 2 is 1.73 bits per heavy atom. The number of nitrogens with one attached hydrogen (secondary N) is 2. The van der Waals surface area contributed by atoms with Gasteiger partial charge in [-0.15, -0.1) is 0 Å². The predicted molar refractivity (Wildman–Crippen MR) is 103 cm³/mol. The first-order valence-electron chi connectivity index (χ1n) is 7.78. The molecule has 2 rings (SSSR count). The molecule has 26 heavy (non-hydrogen) atoms. The van der Waals surface area contributed by atoms with Gasteiger partial charge < -0.3 is 4.74 Å². The lowest BCUT2D eigenvalue weighted by Crippen LogP contribution is -2.43. The van der Waals surface area contributed by atoms with E-state index in [1.165, 1.54) is 6.08 Å². The van der Waals surface area contributed by atoms with Gasteiger partial charge in [0.2, 0.25) is 0 Å². The fraction of sp³-hybridized carbons (Fsp3) is 0.158. The molecule has 0 atom stereocenters. The van der Waals surface area contributed by atoms with E-state index in [1.54, 1.807) is 36.4 Å². The first-order chi connectivity index (χ1) is 12.4. The molecule has 2 N–H and O–H groups in total. The summed E-state index contributed by atoms with van der Waals surface area (Å²) in [7, 11) is 0. The average Bonchev–Trinajstić information content (AvgIpc) is 2.61. The van der Waals surface area contributed by atoms with Crippen molar-refractivity contribution in [1.29, 1.82) is 0 Å². The molecule has 0 aliphatic rings. The minimum absolute atomic E-state index is 0.241. The van der Waals surface area contributed by atoms with Gasteiger partial charge in [0, 0.05) is 16.1 Å². The Morgan fingerprint density at radius 3 is 2.38 bits per heavy atom. The largest absolute Gasteiger partial charge is 0.484 e. The molecule has 0 saturated heterocycles. The first kappa shape index (κ1) is 19.8. The van der Waals surface area contributed by atoms with E-state index in [2.05, 4.69) is 10.9 Å². The highest BCUT2D eigenvalue weighted by molar-refractivity contribution is 6.32. The number of carbonyl (C=O) groups excluding carboxylic acids is 2. The molecular weight excluding hydrogens is 375 g/mol. The molecule has 2 aromatic rings. The van der Waals surface area contributed by atoms with E-state index < -0.39 is 11.8 Å². The summed E-state index contributed by atoms with van der Waals surface area (Å²) >= 11 is 12.1. The van der Waals surface area contributed by atoms with Crippen molar-refractivity contribution in [3.8, 4) is 5.75 Å². The van der Waals surface area contributed by atoms with E-state index in [0.717, 1.165) is 11.1 Å². The maximum atomic E-state index is 11.8. The maximum absolute atomic E-state index is 11.8. The van der Waals surface area contributed by atoms with Crippen LogP contribution in [-0.4, -0.2) is 18.4 Å². The van der Waals surface area contributed by atoms with E-state index in [0.29, 0.717) is 21.4 Å². The van der Waals surface area contributed by atoms with Gasteiger partial charge >= 0.3 is 0 Å². The molecule has 0 saturated carbocycles. The molecule has 0 aliphatic carbocycles. The van der Waals surface area contributed by atoms with Crippen molar-refractivity contribution < 1.29 is 14.3 Å². The van der Waals surface area contributed by atoms with Crippen molar-refractivity contribution in [1.82, 2.24) is 10.9 Å². The summed E-state index contributed by atoms with van der Waals surface area (Å²) in [5, 5.41) is 1.20. The molecule has 0 aliphatic heterocycles. The second kappa shape index (κ2) is 9.27. The Bertz CT molecular complexity index is 827. The lowest BCUT2D eigenvalue weighted by Gasteiger charge is -2.10. The summed E-state index contributed by atoms with van der Waals surface area (Å²) in [4.78, 5) is 23.5. The number of hydrogen-bond acceptors (Lipinski definition) is 3. The Kier molecular flexibility index (Phi) is 7.06. The van der Waals surface area contributed by atoms with Crippen molar-refractivity contribution in [3.05, 3.63) is 69.2 Å². The zero-order chi connectivity index (χ0) is 19.1. The summed E-state index contributed by atoms with van der Waals surface area (Å²) in [5.74, 6) is -0.448. The van der Waals surface area contributed by atoms with Gasteiger partial charge in [-0.3, -0.25) is 20.4 Å². The van der Waals surface area contributed by atoms with Crippen LogP contribution in [0.1, 0.15) is 16.7 Å². The van der Waals surface area contributed by atoms with Gasteiger partial charge in [-0.25, -0.2) is 0 Å². The summed E-state index contributed by atoms with van der Waals surface area (Å²) in [6.45, 7) is 3.47. The van der Waals surface area contributed by atoms with E-state index in [-0.39, 0.29) is 6.61 Å². The number of benzene rings is 2. The summed E-state index contributed by atoms with van der Waals surface area (Å²) < 4.78 is 5.40. The van der Waals surface area contributed by atoms with Crippen LogP contribution in [0.5, 0.6) is 5.75 Å². The van der Waals surface area contributed by atoms with Gasteiger partial charge in [0.15, 0.2) is 6.61 Å². The van der Waals surface area contributed by atoms with Crippen LogP contribution < -0.4 is 15.6 Å². The van der Waals surface area contributed by atoms with Crippen molar-refractivity contribution in [2.75, 3.05) is 6.61 Å². The molecule has 0 spiro atoms. The minimum Gasteiger partial charge on any atom is -0.484 e. The number of halogens is 2. The number of amides is 2. The van der Waals surface area contributed by atoms with E-state index in [4.69, 9.17) is 27.9 Å². The van der Waals surface area contributed by atoms with Gasteiger partial charge in [0.05, 0.1) is 0 Å². The van der Waals surface area contributed by atoms with Crippen LogP contribution in [0.25, 0.3) is 6.08 Å². The Morgan fingerprint density at radius 1 is 1.08 bits per heavy atom. The fourth-order valence-electron chi connectivity index (χ4n) is 2.12. The molecule has 0 fully saturated rings. The third kappa shape index (κ3) is 5.79. The molecule has 0 unspecified atom stereocenters. The van der Waals surface area contributed by atoms with Crippen molar-refractivity contribution in [3.63, 3.8) is 0 Å². The summed E-state index contributed by atoms with van der Waals surface area (Å²) in [5.41, 5.74) is 6.96. The van der Waals surface area contributed by atoms with Crippen LogP contribution in [0.2, 0.25) is 10.0 Å². The first-order valence-corrected chi connectivity index (χ1v) is 8.53. The third-order valence-corrected chi connectivity index (χ3v) is 4.36. The topological polar surface area (TPSA) is 67.4 Å². The molecule has 2 aromatic carbocycles. The lowest BCUT2D eigenvalue weighted by atomic mass is 10.1. The van der Waals surface area contributed by atoms with E-state index in [1.807, 2.05) is 19.9 Å². The van der Waals surface area contributed by atoms with Crippen molar-refractivity contribution in [2.45, 2.75) is 13.8 Å². The SMILES string of the molecule is Cc1cc(OCC(=O)NNC(=O)/C=C/c2ccccc2Cl)cc(C)c1Cl. The van der Waals surface area contributed by atoms with Gasteiger partial charge in [0.1, 0.15) is 5.75 Å². The number of ether oxygens (including phenoxy) is 1. The average molecular weight is 393 g/mol. The van der Waals surface area contributed by atoms with Crippen LogP contribution in [0.15, 0.2) is 42.5 Å². The maximum Gasteiger partial charge on any atom is 0.276 e. The van der Waals surface area contributed by atoms with Crippen molar-refractivity contribution >= 4 is 41.1 Å². The summed E-state index contributed by atoms with van der Waals surface area (Å²) in [6.07, 6.45) is 2.83. The van der Waals surface area contributed by atoms with Crippen LogP contribution in [0.4, 0.5) is 0 Å². The van der Waals surface area contributed by atoms with Crippen LogP contribution in [0.3, 0.4) is 0 Å². The van der Waals surface area contributed by atoms with Gasteiger partial charge in [-0.2, -0.15) is 0 Å².